The lowest BCUT2D eigenvalue weighted by atomic mass is 9.86. The number of rotatable bonds is 10. The smallest absolute Gasteiger partial charge is 0.164 e. The zero-order chi connectivity index (χ0) is 52.9. The molecule has 0 saturated carbocycles. The van der Waals surface area contributed by atoms with Crippen LogP contribution in [0, 0.1) is 0 Å². The molecule has 0 fully saturated rings. The van der Waals surface area contributed by atoms with Crippen LogP contribution in [-0.4, -0.2) is 34.1 Å². The molecule has 0 aliphatic rings. The lowest BCUT2D eigenvalue weighted by molar-refractivity contribution is 1.07. The molecule has 0 radical (unpaired) electrons. The van der Waals surface area contributed by atoms with Crippen molar-refractivity contribution in [3.63, 3.8) is 0 Å². The highest BCUT2D eigenvalue weighted by atomic mass is 15.0. The molecule has 11 aromatic carbocycles. The van der Waals surface area contributed by atoms with E-state index in [-0.39, 0.29) is 0 Å². The molecule has 4 heterocycles. The maximum Gasteiger partial charge on any atom is 0.164 e. The van der Waals surface area contributed by atoms with Gasteiger partial charge < -0.3 is 9.13 Å². The van der Waals surface area contributed by atoms with Gasteiger partial charge in [-0.1, -0.05) is 206 Å². The summed E-state index contributed by atoms with van der Waals surface area (Å²) in [6.45, 7) is 0. The first-order valence-electron chi connectivity index (χ1n) is 26.9. The Bertz CT molecular complexity index is 4490. The van der Waals surface area contributed by atoms with Gasteiger partial charge >= 0.3 is 0 Å². The molecular formula is C73H47N7. The van der Waals surface area contributed by atoms with Gasteiger partial charge in [0.05, 0.1) is 33.5 Å². The van der Waals surface area contributed by atoms with Gasteiger partial charge in [-0.05, 0) is 101 Å². The van der Waals surface area contributed by atoms with Crippen molar-refractivity contribution in [2.75, 3.05) is 0 Å². The van der Waals surface area contributed by atoms with Crippen molar-refractivity contribution >= 4 is 43.6 Å². The highest BCUT2D eigenvalue weighted by Gasteiger charge is 2.25. The Morgan fingerprint density at radius 2 is 0.550 bits per heavy atom. The molecule has 0 spiro atoms. The first-order chi connectivity index (χ1) is 39.7. The van der Waals surface area contributed by atoms with Crippen molar-refractivity contribution in [2.45, 2.75) is 0 Å². The predicted octanol–water partition coefficient (Wildman–Crippen LogP) is 18.2. The molecule has 0 aliphatic heterocycles. The van der Waals surface area contributed by atoms with E-state index in [1.54, 1.807) is 0 Å². The molecule has 0 aliphatic carbocycles. The Balaban J connectivity index is 1.08. The summed E-state index contributed by atoms with van der Waals surface area (Å²) in [5.74, 6) is 2.35. The van der Waals surface area contributed by atoms with E-state index < -0.39 is 0 Å². The summed E-state index contributed by atoms with van der Waals surface area (Å²) >= 11 is 0. The fraction of sp³-hybridized carbons (Fsp3) is 0. The van der Waals surface area contributed by atoms with Gasteiger partial charge in [0.25, 0.3) is 0 Å². The van der Waals surface area contributed by atoms with Gasteiger partial charge in [-0.25, -0.2) is 24.9 Å². The summed E-state index contributed by atoms with van der Waals surface area (Å²) in [5.41, 5.74) is 17.7. The number of aromatic nitrogens is 7. The van der Waals surface area contributed by atoms with Crippen LogP contribution in [0.5, 0.6) is 0 Å². The van der Waals surface area contributed by atoms with Crippen LogP contribution in [-0.2, 0) is 0 Å². The van der Waals surface area contributed by atoms with E-state index in [9.17, 15) is 0 Å². The van der Waals surface area contributed by atoms with Crippen molar-refractivity contribution in [2.24, 2.45) is 0 Å². The molecule has 0 unspecified atom stereocenters. The Kier molecular flexibility index (Phi) is 11.4. The number of fused-ring (bicyclic) bond motifs is 6. The third kappa shape index (κ3) is 8.20. The van der Waals surface area contributed by atoms with Crippen molar-refractivity contribution < 1.29 is 0 Å². The quantitative estimate of drug-likeness (QED) is 0.136. The lowest BCUT2D eigenvalue weighted by Gasteiger charge is -2.20. The fourth-order valence-corrected chi connectivity index (χ4v) is 11.5. The van der Waals surface area contributed by atoms with Gasteiger partial charge in [0.15, 0.2) is 23.3 Å². The normalized spacial score (nSPS) is 11.5. The first-order valence-corrected chi connectivity index (χ1v) is 26.9. The zero-order valence-electron chi connectivity index (χ0n) is 43.3. The molecule has 0 atom stereocenters. The standard InChI is InChI=1S/C73H47N7/c1-7-23-48(24-8-1)63-47-64(75-70(74-63)49-25-9-2-10-26-49)69-59(52-39-41-67-61(43-52)57-35-19-21-37-65(57)79(67)55-31-15-5-16-32-55)45-54(73-77-71(50-27-11-3-12-28-50)76-72(78-73)51-29-13-4-14-30-51)46-60(69)53-40-42-68-62(44-53)58-36-20-22-38-66(58)80(68)56-33-17-6-18-34-56/h1-47H. The summed E-state index contributed by atoms with van der Waals surface area (Å²) in [6, 6.07) is 100. The van der Waals surface area contributed by atoms with E-state index in [4.69, 9.17) is 24.9 Å². The van der Waals surface area contributed by atoms with Gasteiger partial charge in [0.1, 0.15) is 0 Å². The average molecular weight is 1020 g/mol. The second-order valence-electron chi connectivity index (χ2n) is 20.0. The van der Waals surface area contributed by atoms with Crippen LogP contribution >= 0.6 is 0 Å². The third-order valence-corrected chi connectivity index (χ3v) is 15.2. The number of nitrogens with zero attached hydrogens (tertiary/aromatic N) is 7. The monoisotopic (exact) mass is 1020 g/mol. The van der Waals surface area contributed by atoms with Gasteiger partial charge in [0, 0.05) is 66.3 Å². The van der Waals surface area contributed by atoms with Gasteiger partial charge in [-0.15, -0.1) is 0 Å². The van der Waals surface area contributed by atoms with E-state index in [1.165, 1.54) is 0 Å². The first kappa shape index (κ1) is 46.4. The molecule has 0 N–H and O–H groups in total. The highest BCUT2D eigenvalue weighted by molar-refractivity contribution is 6.13. The molecule has 15 aromatic rings. The number of hydrogen-bond donors (Lipinski definition) is 0. The van der Waals surface area contributed by atoms with Gasteiger partial charge in [0.2, 0.25) is 0 Å². The van der Waals surface area contributed by atoms with Crippen LogP contribution in [0.3, 0.4) is 0 Å². The Morgan fingerprint density at radius 1 is 0.212 bits per heavy atom. The predicted molar refractivity (Wildman–Crippen MR) is 328 cm³/mol. The van der Waals surface area contributed by atoms with E-state index in [1.807, 2.05) is 60.7 Å². The van der Waals surface area contributed by atoms with Crippen LogP contribution in [0.15, 0.2) is 285 Å². The maximum atomic E-state index is 5.63. The topological polar surface area (TPSA) is 74.3 Å². The van der Waals surface area contributed by atoms with E-state index in [0.29, 0.717) is 23.3 Å². The summed E-state index contributed by atoms with van der Waals surface area (Å²) < 4.78 is 4.73. The average Bonchev–Trinajstić information content (AvgIpc) is 4.10. The molecule has 0 saturated heterocycles. The lowest BCUT2D eigenvalue weighted by Crippen LogP contribution is -2.02. The second-order valence-corrected chi connectivity index (χ2v) is 20.0. The van der Waals surface area contributed by atoms with Crippen LogP contribution in [0.25, 0.3) is 145 Å². The van der Waals surface area contributed by atoms with E-state index in [0.717, 1.165) is 122 Å². The van der Waals surface area contributed by atoms with Crippen molar-refractivity contribution in [3.05, 3.63) is 285 Å². The summed E-state index contributed by atoms with van der Waals surface area (Å²) in [4.78, 5) is 26.8. The van der Waals surface area contributed by atoms with Gasteiger partial charge in [-0.2, -0.15) is 0 Å². The molecule has 0 bridgehead atoms. The Morgan fingerprint density at radius 3 is 0.988 bits per heavy atom. The van der Waals surface area contributed by atoms with Crippen molar-refractivity contribution in [1.82, 2.24) is 34.1 Å². The minimum Gasteiger partial charge on any atom is -0.309 e. The fourth-order valence-electron chi connectivity index (χ4n) is 11.5. The SMILES string of the molecule is c1ccc(-c2cc(-c3c(-c4ccc5c(c4)c4ccccc4n5-c4ccccc4)cc(-c4nc(-c5ccccc5)nc(-c5ccccc5)n4)cc3-c3ccc4c(c3)c3ccccc3n4-c3ccccc3)nc(-c3ccccc3)n2)cc1. The van der Waals surface area contributed by atoms with Crippen LogP contribution in [0.4, 0.5) is 0 Å². The number of para-hydroxylation sites is 4. The minimum absolute atomic E-state index is 0.549. The van der Waals surface area contributed by atoms with Crippen LogP contribution < -0.4 is 0 Å². The molecule has 7 nitrogen and oxygen atoms in total. The summed E-state index contributed by atoms with van der Waals surface area (Å²) in [7, 11) is 0. The molecular weight excluding hydrogens is 975 g/mol. The highest BCUT2D eigenvalue weighted by Crippen LogP contribution is 2.47. The maximum absolute atomic E-state index is 5.63. The van der Waals surface area contributed by atoms with Crippen LogP contribution in [0.1, 0.15) is 0 Å². The largest absolute Gasteiger partial charge is 0.309 e. The molecule has 0 amide bonds. The van der Waals surface area contributed by atoms with Crippen molar-refractivity contribution in [3.8, 4) is 102 Å². The van der Waals surface area contributed by atoms with Crippen LogP contribution in [0.2, 0.25) is 0 Å². The second kappa shape index (κ2) is 19.6. The molecule has 374 valence electrons. The Labute approximate surface area is 462 Å². The van der Waals surface area contributed by atoms with E-state index in [2.05, 4.69) is 234 Å². The third-order valence-electron chi connectivity index (χ3n) is 15.2. The summed E-state index contributed by atoms with van der Waals surface area (Å²) in [6.07, 6.45) is 0. The number of benzene rings is 11. The van der Waals surface area contributed by atoms with Crippen molar-refractivity contribution in [1.29, 1.82) is 0 Å². The summed E-state index contributed by atoms with van der Waals surface area (Å²) in [5, 5.41) is 4.57. The minimum atomic E-state index is 0.549. The molecule has 7 heteroatoms. The molecule has 4 aromatic heterocycles. The Hall–Kier alpha value is -10.9. The van der Waals surface area contributed by atoms with Gasteiger partial charge in [-0.3, -0.25) is 0 Å². The zero-order valence-corrected chi connectivity index (χ0v) is 43.3. The molecule has 80 heavy (non-hydrogen) atoms. The van der Waals surface area contributed by atoms with E-state index >= 15 is 0 Å². The number of hydrogen-bond acceptors (Lipinski definition) is 5. The molecule has 15 rings (SSSR count).